The molecular weight excluding hydrogens is 420 g/mol. The number of carbonyl (C=O) groups is 1. The molecule has 3 heterocycles. The fourth-order valence-electron chi connectivity index (χ4n) is 3.75. The van der Waals surface area contributed by atoms with Crippen LogP contribution in [-0.2, 0) is 19.5 Å². The highest BCUT2D eigenvalue weighted by molar-refractivity contribution is 7.14. The molecule has 0 saturated carbocycles. The lowest BCUT2D eigenvalue weighted by molar-refractivity contribution is 0.251. The maximum Gasteiger partial charge on any atom is 0.319 e. The molecule has 2 N–H and O–H groups in total. The van der Waals surface area contributed by atoms with Crippen LogP contribution in [0.2, 0.25) is 5.02 Å². The van der Waals surface area contributed by atoms with Crippen LogP contribution in [0, 0.1) is 0 Å². The first-order valence-corrected chi connectivity index (χ1v) is 11.2. The third-order valence-electron chi connectivity index (χ3n) is 5.35. The van der Waals surface area contributed by atoms with Gasteiger partial charge in [-0.3, -0.25) is 4.90 Å². The summed E-state index contributed by atoms with van der Waals surface area (Å²) in [7, 11) is 1.56. The minimum atomic E-state index is -0.292. The van der Waals surface area contributed by atoms with Crippen LogP contribution in [0.5, 0.6) is 5.75 Å². The molecule has 1 aliphatic rings. The Labute approximate surface area is 185 Å². The zero-order valence-corrected chi connectivity index (χ0v) is 18.6. The summed E-state index contributed by atoms with van der Waals surface area (Å²) in [5, 5.41) is 7.56. The SMILES string of the molecule is CCN1CCc2c(sc(-n3cccc3)c2CNC(=O)Nc2cc(Cl)ccc2OC)C1. The van der Waals surface area contributed by atoms with Crippen LogP contribution in [0.25, 0.3) is 5.00 Å². The lowest BCUT2D eigenvalue weighted by Crippen LogP contribution is -2.31. The number of nitrogens with one attached hydrogen (secondary N) is 2. The van der Waals surface area contributed by atoms with Crippen LogP contribution in [-0.4, -0.2) is 35.7 Å². The van der Waals surface area contributed by atoms with Gasteiger partial charge in [0.2, 0.25) is 0 Å². The molecule has 0 unspecified atom stereocenters. The Bertz CT molecular complexity index is 1030. The van der Waals surface area contributed by atoms with Gasteiger partial charge in [0.1, 0.15) is 10.8 Å². The first-order valence-electron chi connectivity index (χ1n) is 9.96. The molecule has 8 heteroatoms. The Morgan fingerprint density at radius 3 is 2.83 bits per heavy atom. The molecule has 0 aliphatic carbocycles. The number of methoxy groups -OCH3 is 1. The number of fused-ring (bicyclic) bond motifs is 1. The molecule has 30 heavy (non-hydrogen) atoms. The number of ether oxygens (including phenoxy) is 1. The summed E-state index contributed by atoms with van der Waals surface area (Å²) >= 11 is 7.88. The van der Waals surface area contributed by atoms with Crippen molar-refractivity contribution in [3.8, 4) is 10.8 Å². The second-order valence-electron chi connectivity index (χ2n) is 7.15. The van der Waals surface area contributed by atoms with Gasteiger partial charge in [-0.1, -0.05) is 18.5 Å². The number of anilines is 1. The fourth-order valence-corrected chi connectivity index (χ4v) is 5.30. The first-order chi connectivity index (χ1) is 14.6. The predicted octanol–water partition coefficient (Wildman–Crippen LogP) is 4.90. The van der Waals surface area contributed by atoms with E-state index < -0.39 is 0 Å². The van der Waals surface area contributed by atoms with E-state index in [1.54, 1.807) is 25.3 Å². The lowest BCUT2D eigenvalue weighted by atomic mass is 10.0. The molecule has 6 nitrogen and oxygen atoms in total. The molecule has 0 fully saturated rings. The standard InChI is InChI=1S/C22H25ClN4O2S/c1-3-26-11-8-16-17(21(30-20(16)14-26)27-9-4-5-10-27)13-24-22(28)25-18-12-15(23)6-7-19(18)29-2/h4-7,9-10,12H,3,8,11,13-14H2,1-2H3,(H2,24,25,28). The second kappa shape index (κ2) is 9.12. The predicted molar refractivity (Wildman–Crippen MR) is 122 cm³/mol. The molecule has 4 rings (SSSR count). The molecule has 2 amide bonds. The van der Waals surface area contributed by atoms with Gasteiger partial charge in [-0.2, -0.15) is 0 Å². The van der Waals surface area contributed by atoms with Gasteiger partial charge < -0.3 is 19.9 Å². The van der Waals surface area contributed by atoms with Crippen LogP contribution < -0.4 is 15.4 Å². The van der Waals surface area contributed by atoms with Crippen LogP contribution in [0.4, 0.5) is 10.5 Å². The fraction of sp³-hybridized carbons (Fsp3) is 0.318. The van der Waals surface area contributed by atoms with Gasteiger partial charge in [0.25, 0.3) is 0 Å². The van der Waals surface area contributed by atoms with E-state index in [2.05, 4.69) is 39.4 Å². The van der Waals surface area contributed by atoms with Crippen molar-refractivity contribution < 1.29 is 9.53 Å². The zero-order valence-electron chi connectivity index (χ0n) is 17.1. The van der Waals surface area contributed by atoms with E-state index in [1.165, 1.54) is 21.0 Å². The molecule has 0 bridgehead atoms. The quantitative estimate of drug-likeness (QED) is 0.568. The highest BCUT2D eigenvalue weighted by Crippen LogP contribution is 2.36. The third-order valence-corrected chi connectivity index (χ3v) is 6.85. The number of likely N-dealkylation sites (N-methyl/N-ethyl adjacent to an activating group) is 1. The van der Waals surface area contributed by atoms with Gasteiger partial charge in [0.05, 0.1) is 12.8 Å². The van der Waals surface area contributed by atoms with Crippen molar-refractivity contribution in [3.63, 3.8) is 0 Å². The average molecular weight is 445 g/mol. The molecular formula is C22H25ClN4O2S. The van der Waals surface area contributed by atoms with Gasteiger partial charge >= 0.3 is 6.03 Å². The number of urea groups is 1. The monoisotopic (exact) mass is 444 g/mol. The topological polar surface area (TPSA) is 58.5 Å². The molecule has 3 aromatic rings. The largest absolute Gasteiger partial charge is 0.495 e. The van der Waals surface area contributed by atoms with Crippen molar-refractivity contribution in [2.45, 2.75) is 26.4 Å². The van der Waals surface area contributed by atoms with Gasteiger partial charge in [0, 0.05) is 47.5 Å². The number of hydrogen-bond donors (Lipinski definition) is 2. The molecule has 0 spiro atoms. The maximum atomic E-state index is 12.6. The zero-order chi connectivity index (χ0) is 21.1. The molecule has 1 aromatic carbocycles. The van der Waals surface area contributed by atoms with Crippen molar-refractivity contribution in [2.24, 2.45) is 0 Å². The summed E-state index contributed by atoms with van der Waals surface area (Å²) < 4.78 is 7.44. The summed E-state index contributed by atoms with van der Waals surface area (Å²) in [5.41, 5.74) is 3.10. The van der Waals surface area contributed by atoms with E-state index in [-0.39, 0.29) is 6.03 Å². The molecule has 0 saturated heterocycles. The number of rotatable bonds is 6. The highest BCUT2D eigenvalue weighted by Gasteiger charge is 2.24. The molecule has 0 atom stereocenters. The minimum absolute atomic E-state index is 0.292. The normalized spacial score (nSPS) is 13.7. The Kier molecular flexibility index (Phi) is 6.32. The number of benzene rings is 1. The van der Waals surface area contributed by atoms with Crippen molar-refractivity contribution in [3.05, 3.63) is 63.8 Å². The van der Waals surface area contributed by atoms with Crippen LogP contribution in [0.1, 0.15) is 22.9 Å². The van der Waals surface area contributed by atoms with Crippen LogP contribution >= 0.6 is 22.9 Å². The maximum absolute atomic E-state index is 12.6. The third kappa shape index (κ3) is 4.33. The molecule has 1 aliphatic heterocycles. The second-order valence-corrected chi connectivity index (χ2v) is 8.67. The van der Waals surface area contributed by atoms with E-state index in [0.29, 0.717) is 23.0 Å². The van der Waals surface area contributed by atoms with Gasteiger partial charge in [0.15, 0.2) is 0 Å². The summed E-state index contributed by atoms with van der Waals surface area (Å²) in [6, 6.07) is 8.89. The number of hydrogen-bond acceptors (Lipinski definition) is 4. The number of carbonyl (C=O) groups excluding carboxylic acids is 1. The van der Waals surface area contributed by atoms with Crippen molar-refractivity contribution in [1.29, 1.82) is 0 Å². The molecule has 0 radical (unpaired) electrons. The van der Waals surface area contributed by atoms with E-state index in [1.807, 2.05) is 23.5 Å². The Balaban J connectivity index is 1.54. The van der Waals surface area contributed by atoms with Gasteiger partial charge in [-0.25, -0.2) is 4.79 Å². The summed E-state index contributed by atoms with van der Waals surface area (Å²) in [6.07, 6.45) is 5.10. The summed E-state index contributed by atoms with van der Waals surface area (Å²) in [5.74, 6) is 0.565. The number of thiophene rings is 1. The first kappa shape index (κ1) is 20.8. The number of aromatic nitrogens is 1. The number of nitrogens with zero attached hydrogens (tertiary/aromatic N) is 2. The Hall–Kier alpha value is -2.48. The van der Waals surface area contributed by atoms with E-state index in [0.717, 1.165) is 26.1 Å². The van der Waals surface area contributed by atoms with E-state index in [9.17, 15) is 4.79 Å². The highest BCUT2D eigenvalue weighted by atomic mass is 35.5. The average Bonchev–Trinajstić information content (AvgIpc) is 3.39. The van der Waals surface area contributed by atoms with E-state index >= 15 is 0 Å². The smallest absolute Gasteiger partial charge is 0.319 e. The molecule has 158 valence electrons. The van der Waals surface area contributed by atoms with Crippen LogP contribution in [0.15, 0.2) is 42.7 Å². The van der Waals surface area contributed by atoms with Gasteiger partial charge in [-0.05, 0) is 48.9 Å². The Morgan fingerprint density at radius 1 is 1.30 bits per heavy atom. The van der Waals surface area contributed by atoms with Crippen molar-refractivity contribution in [2.75, 3.05) is 25.5 Å². The summed E-state index contributed by atoms with van der Waals surface area (Å²) in [6.45, 7) is 5.72. The summed E-state index contributed by atoms with van der Waals surface area (Å²) in [4.78, 5) is 16.5. The lowest BCUT2D eigenvalue weighted by Gasteiger charge is -2.25. The minimum Gasteiger partial charge on any atom is -0.495 e. The van der Waals surface area contributed by atoms with Gasteiger partial charge in [-0.15, -0.1) is 11.3 Å². The van der Waals surface area contributed by atoms with Crippen molar-refractivity contribution in [1.82, 2.24) is 14.8 Å². The Morgan fingerprint density at radius 2 is 2.10 bits per heavy atom. The molecule has 2 aromatic heterocycles. The number of halogens is 1. The van der Waals surface area contributed by atoms with Crippen molar-refractivity contribution >= 4 is 34.7 Å². The van der Waals surface area contributed by atoms with Crippen LogP contribution in [0.3, 0.4) is 0 Å². The van der Waals surface area contributed by atoms with E-state index in [4.69, 9.17) is 16.3 Å². The number of amides is 2.